The van der Waals surface area contributed by atoms with E-state index < -0.39 is 10.0 Å². The summed E-state index contributed by atoms with van der Waals surface area (Å²) in [5.41, 5.74) is 1.87. The van der Waals surface area contributed by atoms with Gasteiger partial charge in [-0.3, -0.25) is 4.79 Å². The van der Waals surface area contributed by atoms with Crippen molar-refractivity contribution in [2.24, 2.45) is 5.14 Å². The molecule has 2 aromatic heterocycles. The number of thioether (sulfide) groups is 1. The van der Waals surface area contributed by atoms with Crippen LogP contribution in [0, 0.1) is 6.92 Å². The molecule has 31 heavy (non-hydrogen) atoms. The average Bonchev–Trinajstić information content (AvgIpc) is 3.16. The third-order valence-corrected chi connectivity index (χ3v) is 6.19. The molecule has 3 N–H and O–H groups in total. The summed E-state index contributed by atoms with van der Waals surface area (Å²) in [5, 5.41) is 13.6. The summed E-state index contributed by atoms with van der Waals surface area (Å²) in [5.74, 6) is 0.326. The van der Waals surface area contributed by atoms with Crippen molar-refractivity contribution in [1.82, 2.24) is 19.7 Å². The number of anilines is 1. The van der Waals surface area contributed by atoms with Crippen LogP contribution in [0.4, 0.5) is 5.69 Å². The molecular weight excluding hydrogens is 436 g/mol. The van der Waals surface area contributed by atoms with Gasteiger partial charge in [0.05, 0.1) is 27.9 Å². The van der Waals surface area contributed by atoms with Gasteiger partial charge in [-0.25, -0.2) is 28.2 Å². The van der Waals surface area contributed by atoms with Crippen LogP contribution in [-0.2, 0) is 14.8 Å². The van der Waals surface area contributed by atoms with Crippen LogP contribution in [0.3, 0.4) is 0 Å². The first-order valence-corrected chi connectivity index (χ1v) is 11.7. The van der Waals surface area contributed by atoms with Crippen molar-refractivity contribution < 1.29 is 13.2 Å². The van der Waals surface area contributed by atoms with Crippen LogP contribution in [-0.4, -0.2) is 39.8 Å². The van der Waals surface area contributed by atoms with Gasteiger partial charge in [0.2, 0.25) is 15.9 Å². The fraction of sp³-hybridized carbons (Fsp3) is 0.100. The zero-order valence-corrected chi connectivity index (χ0v) is 18.0. The molecule has 2 aromatic carbocycles. The van der Waals surface area contributed by atoms with Gasteiger partial charge in [0.25, 0.3) is 0 Å². The smallest absolute Gasteiger partial charge is 0.238 e. The number of hydrogen-bond acceptors (Lipinski definition) is 7. The largest absolute Gasteiger partial charge is 0.325 e. The molecule has 0 aliphatic rings. The molecule has 0 fully saturated rings. The van der Waals surface area contributed by atoms with E-state index in [2.05, 4.69) is 20.4 Å². The van der Waals surface area contributed by atoms with Crippen LogP contribution in [0.5, 0.6) is 0 Å². The van der Waals surface area contributed by atoms with Crippen molar-refractivity contribution in [1.29, 1.82) is 0 Å². The van der Waals surface area contributed by atoms with Crippen molar-refractivity contribution in [3.8, 4) is 5.69 Å². The maximum Gasteiger partial charge on any atom is 0.238 e. The van der Waals surface area contributed by atoms with Crippen LogP contribution in [0.15, 0.2) is 70.7 Å². The number of sulfonamides is 1. The van der Waals surface area contributed by atoms with Crippen LogP contribution < -0.4 is 10.5 Å². The van der Waals surface area contributed by atoms with Gasteiger partial charge in [-0.1, -0.05) is 36.0 Å². The Labute approximate surface area is 182 Å². The number of hydrogen-bond donors (Lipinski definition) is 2. The fourth-order valence-corrected chi connectivity index (χ4v) is 4.33. The normalized spacial score (nSPS) is 11.5. The SMILES string of the molecule is Cc1nc(SCC(=O)Nc2cccc(S(N)(=O)=O)c2)c2cnn(-c3ccccc3)c2n1. The number of para-hydroxylation sites is 1. The van der Waals surface area contributed by atoms with E-state index >= 15 is 0 Å². The minimum atomic E-state index is -3.85. The number of amides is 1. The highest BCUT2D eigenvalue weighted by atomic mass is 32.2. The standard InChI is InChI=1S/C20H18N6O3S2/c1-13-23-19-17(11-22-26(19)15-7-3-2-4-8-15)20(24-13)30-12-18(27)25-14-6-5-9-16(10-14)31(21,28)29/h2-11H,12H2,1H3,(H,25,27)(H2,21,28,29). The number of aromatic nitrogens is 4. The van der Waals surface area contributed by atoms with Crippen molar-refractivity contribution in [3.05, 3.63) is 66.6 Å². The van der Waals surface area contributed by atoms with Crippen LogP contribution >= 0.6 is 11.8 Å². The Kier molecular flexibility index (Phi) is 5.72. The molecule has 4 aromatic rings. The Balaban J connectivity index is 1.53. The fourth-order valence-electron chi connectivity index (χ4n) is 2.94. The molecular formula is C20H18N6O3S2. The number of nitrogens with zero attached hydrogens (tertiary/aromatic N) is 4. The zero-order valence-electron chi connectivity index (χ0n) is 16.4. The number of carbonyl (C=O) groups excluding carboxylic acids is 1. The van der Waals surface area contributed by atoms with Gasteiger partial charge in [0.1, 0.15) is 10.9 Å². The van der Waals surface area contributed by atoms with Gasteiger partial charge in [0.15, 0.2) is 5.65 Å². The molecule has 0 spiro atoms. The topological polar surface area (TPSA) is 133 Å². The lowest BCUT2D eigenvalue weighted by atomic mass is 10.3. The van der Waals surface area contributed by atoms with E-state index in [9.17, 15) is 13.2 Å². The van der Waals surface area contributed by atoms with E-state index in [0.717, 1.165) is 11.1 Å². The number of nitrogens with one attached hydrogen (secondary N) is 1. The van der Waals surface area contributed by atoms with E-state index in [1.54, 1.807) is 23.9 Å². The second-order valence-corrected chi connectivity index (χ2v) is 9.14. The number of aryl methyl sites for hydroxylation is 1. The predicted molar refractivity (Wildman–Crippen MR) is 119 cm³/mol. The minimum Gasteiger partial charge on any atom is -0.325 e. The molecule has 1 amide bonds. The monoisotopic (exact) mass is 454 g/mol. The molecule has 0 aliphatic heterocycles. The highest BCUT2D eigenvalue weighted by Gasteiger charge is 2.15. The van der Waals surface area contributed by atoms with Gasteiger partial charge in [-0.05, 0) is 37.3 Å². The molecule has 9 nitrogen and oxygen atoms in total. The Morgan fingerprint density at radius 2 is 1.90 bits per heavy atom. The van der Waals surface area contributed by atoms with Gasteiger partial charge in [-0.2, -0.15) is 5.10 Å². The molecule has 0 unspecified atom stereocenters. The first-order valence-electron chi connectivity index (χ1n) is 9.14. The van der Waals surface area contributed by atoms with Crippen molar-refractivity contribution in [2.45, 2.75) is 16.8 Å². The van der Waals surface area contributed by atoms with Gasteiger partial charge in [0, 0.05) is 5.69 Å². The number of rotatable bonds is 6. The molecule has 0 bridgehead atoms. The lowest BCUT2D eigenvalue weighted by Crippen LogP contribution is -2.16. The van der Waals surface area contributed by atoms with Crippen LogP contribution in [0.2, 0.25) is 0 Å². The molecule has 11 heteroatoms. The Hall–Kier alpha value is -3.28. The van der Waals surface area contributed by atoms with Crippen LogP contribution in [0.1, 0.15) is 5.82 Å². The zero-order chi connectivity index (χ0) is 22.0. The Bertz CT molecular complexity index is 1370. The number of primary sulfonamides is 1. The van der Waals surface area contributed by atoms with Crippen LogP contribution in [0.25, 0.3) is 16.7 Å². The quantitative estimate of drug-likeness (QED) is 0.338. The van der Waals surface area contributed by atoms with E-state index in [1.807, 2.05) is 30.3 Å². The number of fused-ring (bicyclic) bond motifs is 1. The lowest BCUT2D eigenvalue weighted by molar-refractivity contribution is -0.113. The van der Waals surface area contributed by atoms with E-state index in [1.165, 1.54) is 30.0 Å². The maximum absolute atomic E-state index is 12.4. The molecule has 158 valence electrons. The first-order chi connectivity index (χ1) is 14.8. The number of nitrogens with two attached hydrogens (primary N) is 1. The summed E-state index contributed by atoms with van der Waals surface area (Å²) in [6, 6.07) is 15.4. The summed E-state index contributed by atoms with van der Waals surface area (Å²) in [6.07, 6.45) is 1.68. The molecule has 0 atom stereocenters. The summed E-state index contributed by atoms with van der Waals surface area (Å²) >= 11 is 1.25. The maximum atomic E-state index is 12.4. The highest BCUT2D eigenvalue weighted by molar-refractivity contribution is 8.00. The second-order valence-electron chi connectivity index (χ2n) is 6.61. The summed E-state index contributed by atoms with van der Waals surface area (Å²) < 4.78 is 24.7. The Morgan fingerprint density at radius 3 is 2.65 bits per heavy atom. The molecule has 0 saturated heterocycles. The summed E-state index contributed by atoms with van der Waals surface area (Å²) in [7, 11) is -3.85. The first kappa shape index (κ1) is 21.0. The molecule has 2 heterocycles. The molecule has 4 rings (SSSR count). The van der Waals surface area contributed by atoms with E-state index in [0.29, 0.717) is 22.2 Å². The lowest BCUT2D eigenvalue weighted by Gasteiger charge is -2.08. The van der Waals surface area contributed by atoms with Gasteiger partial charge >= 0.3 is 0 Å². The summed E-state index contributed by atoms with van der Waals surface area (Å²) in [6.45, 7) is 1.78. The minimum absolute atomic E-state index is 0.0700. The van der Waals surface area contributed by atoms with Gasteiger partial charge < -0.3 is 5.32 Å². The molecule has 0 saturated carbocycles. The Morgan fingerprint density at radius 1 is 1.13 bits per heavy atom. The highest BCUT2D eigenvalue weighted by Crippen LogP contribution is 2.27. The van der Waals surface area contributed by atoms with Crippen molar-refractivity contribution in [2.75, 3.05) is 11.1 Å². The summed E-state index contributed by atoms with van der Waals surface area (Å²) in [4.78, 5) is 21.3. The molecule has 0 aliphatic carbocycles. The van der Waals surface area contributed by atoms with Crippen molar-refractivity contribution in [3.63, 3.8) is 0 Å². The number of carbonyl (C=O) groups is 1. The van der Waals surface area contributed by atoms with E-state index in [4.69, 9.17) is 5.14 Å². The molecule has 0 radical (unpaired) electrons. The van der Waals surface area contributed by atoms with Gasteiger partial charge in [-0.15, -0.1) is 0 Å². The van der Waals surface area contributed by atoms with Crippen molar-refractivity contribution >= 4 is 44.4 Å². The third kappa shape index (κ3) is 4.74. The predicted octanol–water partition coefficient (Wildman–Crippen LogP) is 2.50. The third-order valence-electron chi connectivity index (χ3n) is 4.29. The average molecular weight is 455 g/mol. The van der Waals surface area contributed by atoms with E-state index in [-0.39, 0.29) is 16.6 Å². The second kappa shape index (κ2) is 8.46. The number of benzene rings is 2.